The highest BCUT2D eigenvalue weighted by atomic mass is 32.2. The lowest BCUT2D eigenvalue weighted by Crippen LogP contribution is -2.24. The van der Waals surface area contributed by atoms with Gasteiger partial charge in [0.05, 0.1) is 26.2 Å². The first-order valence-electron chi connectivity index (χ1n) is 10.5. The van der Waals surface area contributed by atoms with Gasteiger partial charge in [-0.3, -0.25) is 9.52 Å². The summed E-state index contributed by atoms with van der Waals surface area (Å²) in [5, 5.41) is 2.82. The van der Waals surface area contributed by atoms with Gasteiger partial charge in [0.1, 0.15) is 5.75 Å². The SMILES string of the molecule is COc1cc(OC)c(OC)cc1CNC(=O)c1cc(S(=O)(=O)Nc2cccc(C)c2)ccc1C. The Labute approximate surface area is 199 Å². The summed E-state index contributed by atoms with van der Waals surface area (Å²) in [4.78, 5) is 13.0. The fourth-order valence-corrected chi connectivity index (χ4v) is 4.51. The van der Waals surface area contributed by atoms with Crippen LogP contribution in [0.3, 0.4) is 0 Å². The number of amides is 1. The van der Waals surface area contributed by atoms with Crippen LogP contribution < -0.4 is 24.2 Å². The summed E-state index contributed by atoms with van der Waals surface area (Å²) in [6.45, 7) is 3.76. The maximum Gasteiger partial charge on any atom is 0.261 e. The normalized spacial score (nSPS) is 11.0. The van der Waals surface area contributed by atoms with E-state index in [9.17, 15) is 13.2 Å². The molecule has 3 aromatic rings. The summed E-state index contributed by atoms with van der Waals surface area (Å²) in [6, 6.07) is 14.9. The average Bonchev–Trinajstić information content (AvgIpc) is 2.81. The molecular weight excluding hydrogens is 456 g/mol. The smallest absolute Gasteiger partial charge is 0.261 e. The van der Waals surface area contributed by atoms with Crippen LogP contribution in [0.15, 0.2) is 59.5 Å². The Balaban J connectivity index is 1.83. The lowest BCUT2D eigenvalue weighted by Gasteiger charge is -2.15. The van der Waals surface area contributed by atoms with Crippen LogP contribution in [-0.4, -0.2) is 35.7 Å². The lowest BCUT2D eigenvalue weighted by atomic mass is 10.1. The van der Waals surface area contributed by atoms with Crippen LogP contribution in [0.4, 0.5) is 5.69 Å². The zero-order chi connectivity index (χ0) is 24.9. The Hall–Kier alpha value is -3.72. The molecule has 0 aliphatic rings. The molecule has 0 bridgehead atoms. The number of methoxy groups -OCH3 is 3. The molecule has 0 spiro atoms. The fourth-order valence-electron chi connectivity index (χ4n) is 3.44. The van der Waals surface area contributed by atoms with E-state index in [-0.39, 0.29) is 17.0 Å². The summed E-state index contributed by atoms with van der Waals surface area (Å²) in [6.07, 6.45) is 0. The van der Waals surface area contributed by atoms with Crippen molar-refractivity contribution >= 4 is 21.6 Å². The van der Waals surface area contributed by atoms with Gasteiger partial charge in [0.15, 0.2) is 11.5 Å². The number of benzene rings is 3. The second kappa shape index (κ2) is 10.5. The molecule has 2 N–H and O–H groups in total. The molecule has 3 aromatic carbocycles. The predicted octanol–water partition coefficient (Wildman–Crippen LogP) is 4.06. The predicted molar refractivity (Wildman–Crippen MR) is 130 cm³/mol. The van der Waals surface area contributed by atoms with E-state index in [2.05, 4.69) is 10.0 Å². The Morgan fingerprint density at radius 1 is 0.853 bits per heavy atom. The lowest BCUT2D eigenvalue weighted by molar-refractivity contribution is 0.0950. The third-order valence-corrected chi connectivity index (χ3v) is 6.64. The molecule has 0 radical (unpaired) electrons. The molecule has 0 fully saturated rings. The highest BCUT2D eigenvalue weighted by molar-refractivity contribution is 7.92. The first-order chi connectivity index (χ1) is 16.2. The standard InChI is InChI=1S/C25H28N2O6S/c1-16-7-6-8-19(11-16)27-34(29,30)20-10-9-17(2)21(13-20)25(28)26-15-18-12-23(32-4)24(33-5)14-22(18)31-3/h6-14,27H,15H2,1-5H3,(H,26,28). The van der Waals surface area contributed by atoms with Crippen molar-refractivity contribution < 1.29 is 27.4 Å². The summed E-state index contributed by atoms with van der Waals surface area (Å²) in [5.41, 5.74) is 2.95. The van der Waals surface area contributed by atoms with Crippen LogP contribution in [0.25, 0.3) is 0 Å². The van der Waals surface area contributed by atoms with Crippen molar-refractivity contribution in [1.29, 1.82) is 0 Å². The van der Waals surface area contributed by atoms with E-state index in [1.54, 1.807) is 43.3 Å². The maximum atomic E-state index is 13.0. The minimum Gasteiger partial charge on any atom is -0.496 e. The molecule has 34 heavy (non-hydrogen) atoms. The second-order valence-corrected chi connectivity index (χ2v) is 9.34. The molecule has 180 valence electrons. The van der Waals surface area contributed by atoms with Crippen LogP contribution in [-0.2, 0) is 16.6 Å². The van der Waals surface area contributed by atoms with Crippen molar-refractivity contribution in [3.8, 4) is 17.2 Å². The van der Waals surface area contributed by atoms with E-state index < -0.39 is 15.9 Å². The van der Waals surface area contributed by atoms with Crippen LogP contribution in [0.5, 0.6) is 17.2 Å². The summed E-state index contributed by atoms with van der Waals surface area (Å²) in [5.74, 6) is 1.11. The molecule has 0 aromatic heterocycles. The van der Waals surface area contributed by atoms with Gasteiger partial charge in [-0.25, -0.2) is 8.42 Å². The number of anilines is 1. The van der Waals surface area contributed by atoms with E-state index in [0.717, 1.165) is 5.56 Å². The highest BCUT2D eigenvalue weighted by Gasteiger charge is 2.19. The van der Waals surface area contributed by atoms with E-state index in [0.29, 0.717) is 34.1 Å². The summed E-state index contributed by atoms with van der Waals surface area (Å²) >= 11 is 0. The molecule has 0 saturated heterocycles. The fraction of sp³-hybridized carbons (Fsp3) is 0.240. The Morgan fingerprint density at radius 3 is 2.18 bits per heavy atom. The third kappa shape index (κ3) is 5.60. The molecular formula is C25H28N2O6S. The minimum absolute atomic E-state index is 0.00606. The van der Waals surface area contributed by atoms with Crippen molar-refractivity contribution in [2.75, 3.05) is 26.1 Å². The number of aryl methyl sites for hydroxylation is 2. The largest absolute Gasteiger partial charge is 0.496 e. The Bertz CT molecular complexity index is 1300. The number of hydrogen-bond acceptors (Lipinski definition) is 6. The third-order valence-electron chi connectivity index (χ3n) is 5.26. The minimum atomic E-state index is -3.88. The van der Waals surface area contributed by atoms with Gasteiger partial charge >= 0.3 is 0 Å². The topological polar surface area (TPSA) is 103 Å². The molecule has 8 nitrogen and oxygen atoms in total. The van der Waals surface area contributed by atoms with E-state index in [1.807, 2.05) is 13.0 Å². The molecule has 0 saturated carbocycles. The molecule has 9 heteroatoms. The molecule has 0 atom stereocenters. The van der Waals surface area contributed by atoms with E-state index in [1.165, 1.54) is 33.5 Å². The average molecular weight is 485 g/mol. The quantitative estimate of drug-likeness (QED) is 0.475. The van der Waals surface area contributed by atoms with Gasteiger partial charge in [-0.15, -0.1) is 0 Å². The Morgan fingerprint density at radius 2 is 1.53 bits per heavy atom. The van der Waals surface area contributed by atoms with Gasteiger partial charge < -0.3 is 19.5 Å². The maximum absolute atomic E-state index is 13.0. The van der Waals surface area contributed by atoms with Gasteiger partial charge in [-0.1, -0.05) is 18.2 Å². The van der Waals surface area contributed by atoms with Gasteiger partial charge in [0.25, 0.3) is 15.9 Å². The Kier molecular flexibility index (Phi) is 7.68. The van der Waals surface area contributed by atoms with Crippen LogP contribution in [0.2, 0.25) is 0 Å². The molecule has 0 aliphatic heterocycles. The molecule has 0 unspecified atom stereocenters. The highest BCUT2D eigenvalue weighted by Crippen LogP contribution is 2.34. The zero-order valence-electron chi connectivity index (χ0n) is 19.8. The summed E-state index contributed by atoms with van der Waals surface area (Å²) in [7, 11) is 0.687. The van der Waals surface area contributed by atoms with Crippen molar-refractivity contribution in [2.45, 2.75) is 25.3 Å². The van der Waals surface area contributed by atoms with Gasteiger partial charge in [-0.05, 0) is 55.3 Å². The number of nitrogens with one attached hydrogen (secondary N) is 2. The number of hydrogen-bond donors (Lipinski definition) is 2. The van der Waals surface area contributed by atoms with Crippen molar-refractivity contribution in [2.24, 2.45) is 0 Å². The zero-order valence-corrected chi connectivity index (χ0v) is 20.6. The number of rotatable bonds is 9. The number of carbonyl (C=O) groups excluding carboxylic acids is 1. The first-order valence-corrected chi connectivity index (χ1v) is 11.9. The monoisotopic (exact) mass is 484 g/mol. The van der Waals surface area contributed by atoms with Crippen LogP contribution in [0, 0.1) is 13.8 Å². The van der Waals surface area contributed by atoms with Gasteiger partial charge in [-0.2, -0.15) is 0 Å². The van der Waals surface area contributed by atoms with Crippen LogP contribution >= 0.6 is 0 Å². The first kappa shape index (κ1) is 24.9. The van der Waals surface area contributed by atoms with Crippen molar-refractivity contribution in [1.82, 2.24) is 5.32 Å². The van der Waals surface area contributed by atoms with Crippen molar-refractivity contribution in [3.05, 3.63) is 76.9 Å². The number of ether oxygens (including phenoxy) is 3. The molecule has 1 amide bonds. The van der Waals surface area contributed by atoms with Gasteiger partial charge in [0.2, 0.25) is 0 Å². The van der Waals surface area contributed by atoms with Crippen LogP contribution in [0.1, 0.15) is 27.0 Å². The summed E-state index contributed by atoms with van der Waals surface area (Å²) < 4.78 is 44.4. The number of carbonyl (C=O) groups is 1. The molecule has 0 aliphatic carbocycles. The van der Waals surface area contributed by atoms with Gasteiger partial charge in [0, 0.05) is 29.4 Å². The van der Waals surface area contributed by atoms with E-state index >= 15 is 0 Å². The number of sulfonamides is 1. The van der Waals surface area contributed by atoms with Crippen molar-refractivity contribution in [3.63, 3.8) is 0 Å². The second-order valence-electron chi connectivity index (χ2n) is 7.65. The molecule has 0 heterocycles. The molecule has 3 rings (SSSR count). The van der Waals surface area contributed by atoms with E-state index in [4.69, 9.17) is 14.2 Å².